The maximum Gasteiger partial charge on any atom is 0.115 e. The molecule has 0 heterocycles. The van der Waals surface area contributed by atoms with E-state index in [1.54, 1.807) is 4.90 Å². The average molecular weight is 193 g/mol. The molecule has 1 aromatic carbocycles. The molecule has 2 heteroatoms. The zero-order valence-electron chi connectivity index (χ0n) is 9.20. The zero-order chi connectivity index (χ0) is 10.6. The molecular weight excluding hydrogens is 174 g/mol. The number of rotatable bonds is 4. The Balaban J connectivity index is 2.68. The van der Waals surface area contributed by atoms with Gasteiger partial charge in [-0.3, -0.25) is 0 Å². The minimum Gasteiger partial charge on any atom is -0.376 e. The van der Waals surface area contributed by atoms with Crippen LogP contribution in [0, 0.1) is 5.92 Å². The Bertz CT molecular complexity index is 266. The average Bonchev–Trinajstić information content (AvgIpc) is 2.17. The first-order valence-electron chi connectivity index (χ1n) is 5.04. The smallest absolute Gasteiger partial charge is 0.115 e. The largest absolute Gasteiger partial charge is 0.376 e. The predicted octanol–water partition coefficient (Wildman–Crippen LogP) is 2.27. The lowest BCUT2D eigenvalue weighted by molar-refractivity contribution is 0.298. The van der Waals surface area contributed by atoms with Gasteiger partial charge in [0.05, 0.1) is 0 Å². The molecule has 0 aliphatic rings. The molecular formula is C12H19NO. The van der Waals surface area contributed by atoms with Gasteiger partial charge in [-0.2, -0.15) is 0 Å². The van der Waals surface area contributed by atoms with Crippen molar-refractivity contribution in [3.63, 3.8) is 0 Å². The summed E-state index contributed by atoms with van der Waals surface area (Å²) in [5, 5.41) is 8.93. The fraction of sp³-hybridized carbons (Fsp3) is 0.500. The highest BCUT2D eigenvalue weighted by atomic mass is 16.3. The first-order valence-corrected chi connectivity index (χ1v) is 5.04. The third-order valence-corrected chi connectivity index (χ3v) is 2.23. The molecule has 0 spiro atoms. The number of anilines is 1. The van der Waals surface area contributed by atoms with E-state index >= 15 is 0 Å². The Kier molecular flexibility index (Phi) is 3.96. The van der Waals surface area contributed by atoms with Gasteiger partial charge in [0.1, 0.15) is 6.73 Å². The highest BCUT2D eigenvalue weighted by Gasteiger charge is 2.00. The van der Waals surface area contributed by atoms with E-state index in [1.165, 1.54) is 5.56 Å². The van der Waals surface area contributed by atoms with E-state index in [0.717, 1.165) is 12.1 Å². The lowest BCUT2D eigenvalue weighted by Gasteiger charge is -2.16. The fourth-order valence-electron chi connectivity index (χ4n) is 1.44. The maximum atomic E-state index is 8.93. The van der Waals surface area contributed by atoms with Crippen LogP contribution in [0.5, 0.6) is 0 Å². The van der Waals surface area contributed by atoms with Gasteiger partial charge < -0.3 is 10.0 Å². The molecule has 0 fully saturated rings. The van der Waals surface area contributed by atoms with Crippen LogP contribution < -0.4 is 4.90 Å². The van der Waals surface area contributed by atoms with Crippen LogP contribution in [0.4, 0.5) is 5.69 Å². The predicted molar refractivity (Wildman–Crippen MR) is 60.5 cm³/mol. The Labute approximate surface area is 86.2 Å². The molecule has 0 atom stereocenters. The minimum atomic E-state index is 0.0591. The van der Waals surface area contributed by atoms with Crippen molar-refractivity contribution in [2.24, 2.45) is 5.92 Å². The van der Waals surface area contributed by atoms with Gasteiger partial charge in [-0.15, -0.1) is 0 Å². The van der Waals surface area contributed by atoms with Crippen LogP contribution in [0.15, 0.2) is 24.3 Å². The van der Waals surface area contributed by atoms with E-state index in [4.69, 9.17) is 5.11 Å². The summed E-state index contributed by atoms with van der Waals surface area (Å²) in [6.45, 7) is 4.49. The van der Waals surface area contributed by atoms with Crippen LogP contribution >= 0.6 is 0 Å². The summed E-state index contributed by atoms with van der Waals surface area (Å²) in [6, 6.07) is 8.35. The first kappa shape index (κ1) is 11.1. The maximum absolute atomic E-state index is 8.93. The molecule has 0 bridgehead atoms. The van der Waals surface area contributed by atoms with Gasteiger partial charge in [-0.1, -0.05) is 26.0 Å². The summed E-state index contributed by atoms with van der Waals surface area (Å²) in [7, 11) is 1.87. The summed E-state index contributed by atoms with van der Waals surface area (Å²) in [6.07, 6.45) is 1.11. The number of hydrogen-bond donors (Lipinski definition) is 1. The van der Waals surface area contributed by atoms with Gasteiger partial charge in [0.2, 0.25) is 0 Å². The van der Waals surface area contributed by atoms with Crippen LogP contribution in [0.25, 0.3) is 0 Å². The molecule has 0 aliphatic carbocycles. The van der Waals surface area contributed by atoms with Gasteiger partial charge >= 0.3 is 0 Å². The minimum absolute atomic E-state index is 0.0591. The molecule has 0 saturated carbocycles. The second kappa shape index (κ2) is 5.01. The standard InChI is InChI=1S/C12H19NO/c1-10(2)8-11-4-6-12(7-5-11)13(3)9-14/h4-7,10,14H,8-9H2,1-3H3. The molecule has 14 heavy (non-hydrogen) atoms. The van der Waals surface area contributed by atoms with Crippen molar-refractivity contribution >= 4 is 5.69 Å². The molecule has 0 amide bonds. The Morgan fingerprint density at radius 1 is 1.21 bits per heavy atom. The second-order valence-electron chi connectivity index (χ2n) is 4.10. The monoisotopic (exact) mass is 193 g/mol. The van der Waals surface area contributed by atoms with E-state index in [-0.39, 0.29) is 6.73 Å². The van der Waals surface area contributed by atoms with Crippen molar-refractivity contribution in [2.45, 2.75) is 20.3 Å². The third kappa shape index (κ3) is 3.04. The number of nitrogens with zero attached hydrogens (tertiary/aromatic N) is 1. The molecule has 0 unspecified atom stereocenters. The zero-order valence-corrected chi connectivity index (χ0v) is 9.20. The molecule has 78 valence electrons. The summed E-state index contributed by atoms with van der Waals surface area (Å²) in [5.74, 6) is 0.691. The van der Waals surface area contributed by atoms with Crippen molar-refractivity contribution in [3.8, 4) is 0 Å². The summed E-state index contributed by atoms with van der Waals surface area (Å²) in [4.78, 5) is 1.80. The number of hydrogen-bond acceptors (Lipinski definition) is 2. The molecule has 1 rings (SSSR count). The molecule has 0 saturated heterocycles. The number of aliphatic hydroxyl groups is 1. The second-order valence-corrected chi connectivity index (χ2v) is 4.10. The van der Waals surface area contributed by atoms with Crippen LogP contribution in [-0.2, 0) is 6.42 Å². The first-order chi connectivity index (χ1) is 6.63. The van der Waals surface area contributed by atoms with Crippen LogP contribution in [-0.4, -0.2) is 18.9 Å². The van der Waals surface area contributed by atoms with E-state index in [0.29, 0.717) is 5.92 Å². The van der Waals surface area contributed by atoms with Gasteiger partial charge in [0.15, 0.2) is 0 Å². The number of aliphatic hydroxyl groups excluding tert-OH is 1. The van der Waals surface area contributed by atoms with Crippen LogP contribution in [0.1, 0.15) is 19.4 Å². The lowest BCUT2D eigenvalue weighted by Crippen LogP contribution is -2.17. The molecule has 2 nitrogen and oxygen atoms in total. The van der Waals surface area contributed by atoms with Crippen LogP contribution in [0.3, 0.4) is 0 Å². The SMILES string of the molecule is CC(C)Cc1ccc(N(C)CO)cc1. The third-order valence-electron chi connectivity index (χ3n) is 2.23. The van der Waals surface area contributed by atoms with Gasteiger partial charge in [-0.25, -0.2) is 0 Å². The quantitative estimate of drug-likeness (QED) is 0.741. The van der Waals surface area contributed by atoms with Crippen molar-refractivity contribution in [2.75, 3.05) is 18.7 Å². The molecule has 0 aromatic heterocycles. The fourth-order valence-corrected chi connectivity index (χ4v) is 1.44. The molecule has 0 aliphatic heterocycles. The summed E-state index contributed by atoms with van der Waals surface area (Å²) in [5.41, 5.74) is 2.41. The number of benzene rings is 1. The van der Waals surface area contributed by atoms with Crippen molar-refractivity contribution in [1.29, 1.82) is 0 Å². The topological polar surface area (TPSA) is 23.5 Å². The van der Waals surface area contributed by atoms with Gasteiger partial charge in [-0.05, 0) is 30.0 Å². The Morgan fingerprint density at radius 2 is 1.79 bits per heavy atom. The van der Waals surface area contributed by atoms with Crippen molar-refractivity contribution in [1.82, 2.24) is 0 Å². The Hall–Kier alpha value is -1.02. The normalized spacial score (nSPS) is 10.6. The highest BCUT2D eigenvalue weighted by Crippen LogP contribution is 2.15. The molecule has 0 radical (unpaired) electrons. The lowest BCUT2D eigenvalue weighted by atomic mass is 10.0. The Morgan fingerprint density at radius 3 is 2.21 bits per heavy atom. The highest BCUT2D eigenvalue weighted by molar-refractivity contribution is 5.46. The summed E-state index contributed by atoms with van der Waals surface area (Å²) < 4.78 is 0. The van der Waals surface area contributed by atoms with E-state index in [9.17, 15) is 0 Å². The molecule has 1 N–H and O–H groups in total. The van der Waals surface area contributed by atoms with E-state index in [2.05, 4.69) is 26.0 Å². The van der Waals surface area contributed by atoms with Crippen molar-refractivity contribution < 1.29 is 5.11 Å². The van der Waals surface area contributed by atoms with Gasteiger partial charge in [0.25, 0.3) is 0 Å². The van der Waals surface area contributed by atoms with Crippen LogP contribution in [0.2, 0.25) is 0 Å². The molecule has 1 aromatic rings. The van der Waals surface area contributed by atoms with Gasteiger partial charge in [0, 0.05) is 12.7 Å². The summed E-state index contributed by atoms with van der Waals surface area (Å²) >= 11 is 0. The van der Waals surface area contributed by atoms with Crippen molar-refractivity contribution in [3.05, 3.63) is 29.8 Å². The van der Waals surface area contributed by atoms with E-state index < -0.39 is 0 Å². The van der Waals surface area contributed by atoms with E-state index in [1.807, 2.05) is 19.2 Å².